The van der Waals surface area contributed by atoms with Gasteiger partial charge >= 0.3 is 0 Å². The summed E-state index contributed by atoms with van der Waals surface area (Å²) >= 11 is 0. The topological polar surface area (TPSA) is 55.1 Å². The Balaban J connectivity index is 2.06. The number of amides is 1. The highest BCUT2D eigenvalue weighted by Crippen LogP contribution is 2.11. The van der Waals surface area contributed by atoms with Gasteiger partial charge in [0.2, 0.25) is 0 Å². The highest BCUT2D eigenvalue weighted by atomic mass is 19.1. The first-order valence-electron chi connectivity index (χ1n) is 6.42. The zero-order valence-electron chi connectivity index (χ0n) is 11.3. The molecular formula is C16H17FN2O. The van der Waals surface area contributed by atoms with Crippen molar-refractivity contribution in [1.82, 2.24) is 5.32 Å². The number of hydrogen-bond donors (Lipinski definition) is 2. The number of rotatable bonds is 4. The van der Waals surface area contributed by atoms with Gasteiger partial charge in [-0.3, -0.25) is 4.79 Å². The van der Waals surface area contributed by atoms with Crippen molar-refractivity contribution in [2.24, 2.45) is 5.73 Å². The fourth-order valence-corrected chi connectivity index (χ4v) is 1.98. The van der Waals surface area contributed by atoms with E-state index in [0.717, 1.165) is 16.7 Å². The van der Waals surface area contributed by atoms with Gasteiger partial charge in [-0.05, 0) is 35.7 Å². The van der Waals surface area contributed by atoms with E-state index >= 15 is 0 Å². The van der Waals surface area contributed by atoms with Gasteiger partial charge in [-0.2, -0.15) is 0 Å². The Morgan fingerprint density at radius 3 is 2.70 bits per heavy atom. The van der Waals surface area contributed by atoms with Crippen molar-refractivity contribution in [1.29, 1.82) is 0 Å². The second-order valence-corrected chi connectivity index (χ2v) is 4.67. The van der Waals surface area contributed by atoms with Crippen LogP contribution in [-0.4, -0.2) is 5.91 Å². The first-order valence-corrected chi connectivity index (χ1v) is 6.42. The molecule has 3 N–H and O–H groups in total. The Morgan fingerprint density at radius 1 is 1.20 bits per heavy atom. The van der Waals surface area contributed by atoms with Gasteiger partial charge in [-0.1, -0.05) is 30.3 Å². The third-order valence-electron chi connectivity index (χ3n) is 3.12. The smallest absolute Gasteiger partial charge is 0.251 e. The van der Waals surface area contributed by atoms with Crippen LogP contribution in [0.2, 0.25) is 0 Å². The molecule has 0 spiro atoms. The van der Waals surface area contributed by atoms with Gasteiger partial charge < -0.3 is 11.1 Å². The van der Waals surface area contributed by atoms with Crippen molar-refractivity contribution < 1.29 is 9.18 Å². The van der Waals surface area contributed by atoms with Crippen molar-refractivity contribution in [3.05, 3.63) is 70.5 Å². The zero-order valence-corrected chi connectivity index (χ0v) is 11.3. The van der Waals surface area contributed by atoms with Crippen molar-refractivity contribution in [2.75, 3.05) is 0 Å². The monoisotopic (exact) mass is 272 g/mol. The maximum absolute atomic E-state index is 13.2. The summed E-state index contributed by atoms with van der Waals surface area (Å²) in [5.41, 5.74) is 8.66. The molecular weight excluding hydrogens is 255 g/mol. The molecule has 0 saturated heterocycles. The summed E-state index contributed by atoms with van der Waals surface area (Å²) in [6, 6.07) is 11.9. The van der Waals surface area contributed by atoms with E-state index in [0.29, 0.717) is 18.7 Å². The Kier molecular flexibility index (Phi) is 4.48. The van der Waals surface area contributed by atoms with Crippen LogP contribution in [0.5, 0.6) is 0 Å². The molecule has 0 heterocycles. The molecule has 0 aliphatic heterocycles. The minimum Gasteiger partial charge on any atom is -0.348 e. The van der Waals surface area contributed by atoms with Gasteiger partial charge in [-0.15, -0.1) is 0 Å². The van der Waals surface area contributed by atoms with Crippen molar-refractivity contribution in [3.8, 4) is 0 Å². The maximum atomic E-state index is 13.2. The third-order valence-corrected chi connectivity index (χ3v) is 3.12. The highest BCUT2D eigenvalue weighted by molar-refractivity contribution is 5.95. The summed E-state index contributed by atoms with van der Waals surface area (Å²) in [4.78, 5) is 12.0. The van der Waals surface area contributed by atoms with E-state index in [-0.39, 0.29) is 5.91 Å². The average molecular weight is 272 g/mol. The van der Waals surface area contributed by atoms with Crippen LogP contribution in [0.25, 0.3) is 0 Å². The molecule has 104 valence electrons. The molecule has 0 aliphatic rings. The van der Waals surface area contributed by atoms with E-state index in [1.807, 2.05) is 24.3 Å². The Labute approximate surface area is 117 Å². The van der Waals surface area contributed by atoms with Gasteiger partial charge in [0.05, 0.1) is 0 Å². The molecule has 0 saturated carbocycles. The van der Waals surface area contributed by atoms with E-state index in [1.54, 1.807) is 13.0 Å². The SMILES string of the molecule is Cc1ccc(F)cc1C(=O)NCc1cccc(CN)c1. The van der Waals surface area contributed by atoms with E-state index in [4.69, 9.17) is 5.73 Å². The van der Waals surface area contributed by atoms with Crippen LogP contribution in [-0.2, 0) is 13.1 Å². The summed E-state index contributed by atoms with van der Waals surface area (Å²) < 4.78 is 13.2. The standard InChI is InChI=1S/C16H17FN2O/c1-11-5-6-14(17)8-15(11)16(20)19-10-13-4-2-3-12(7-13)9-18/h2-8H,9-10,18H2,1H3,(H,19,20). The van der Waals surface area contributed by atoms with Crippen LogP contribution < -0.4 is 11.1 Å². The fraction of sp³-hybridized carbons (Fsp3) is 0.188. The van der Waals surface area contributed by atoms with Crippen LogP contribution in [0.4, 0.5) is 4.39 Å². The van der Waals surface area contributed by atoms with Crippen LogP contribution >= 0.6 is 0 Å². The number of carbonyl (C=O) groups is 1. The quantitative estimate of drug-likeness (QED) is 0.898. The van der Waals surface area contributed by atoms with E-state index in [2.05, 4.69) is 5.32 Å². The fourth-order valence-electron chi connectivity index (χ4n) is 1.98. The molecule has 0 bridgehead atoms. The minimum absolute atomic E-state index is 0.278. The van der Waals surface area contributed by atoms with Crippen molar-refractivity contribution >= 4 is 5.91 Å². The molecule has 20 heavy (non-hydrogen) atoms. The Morgan fingerprint density at radius 2 is 1.95 bits per heavy atom. The maximum Gasteiger partial charge on any atom is 0.251 e. The van der Waals surface area contributed by atoms with Crippen molar-refractivity contribution in [3.63, 3.8) is 0 Å². The lowest BCUT2D eigenvalue weighted by Crippen LogP contribution is -2.23. The van der Waals surface area contributed by atoms with Crippen LogP contribution in [0.3, 0.4) is 0 Å². The first kappa shape index (κ1) is 14.2. The molecule has 0 fully saturated rings. The normalized spacial score (nSPS) is 10.3. The molecule has 0 aliphatic carbocycles. The number of benzene rings is 2. The van der Waals surface area contributed by atoms with Crippen LogP contribution in [0.1, 0.15) is 27.0 Å². The average Bonchev–Trinajstić information content (AvgIpc) is 2.47. The predicted octanol–water partition coefficient (Wildman–Crippen LogP) is 2.52. The molecule has 2 aromatic carbocycles. The van der Waals surface area contributed by atoms with Gasteiger partial charge in [-0.25, -0.2) is 4.39 Å². The molecule has 0 radical (unpaired) electrons. The molecule has 4 heteroatoms. The number of halogens is 1. The summed E-state index contributed by atoms with van der Waals surface area (Å²) in [6.45, 7) is 2.64. The summed E-state index contributed by atoms with van der Waals surface area (Å²) in [5.74, 6) is -0.689. The van der Waals surface area contributed by atoms with Crippen molar-refractivity contribution in [2.45, 2.75) is 20.0 Å². The van der Waals surface area contributed by atoms with Crippen LogP contribution in [0, 0.1) is 12.7 Å². The number of nitrogens with one attached hydrogen (secondary N) is 1. The summed E-state index contributed by atoms with van der Waals surface area (Å²) in [7, 11) is 0. The minimum atomic E-state index is -0.411. The predicted molar refractivity (Wildman–Crippen MR) is 76.6 cm³/mol. The molecule has 0 aromatic heterocycles. The van der Waals surface area contributed by atoms with Gasteiger partial charge in [0.25, 0.3) is 5.91 Å². The van der Waals surface area contributed by atoms with Crippen LogP contribution in [0.15, 0.2) is 42.5 Å². The van der Waals surface area contributed by atoms with Gasteiger partial charge in [0.15, 0.2) is 0 Å². The van der Waals surface area contributed by atoms with Gasteiger partial charge in [0, 0.05) is 18.7 Å². The van der Waals surface area contributed by atoms with Gasteiger partial charge in [0.1, 0.15) is 5.82 Å². The highest BCUT2D eigenvalue weighted by Gasteiger charge is 2.09. The molecule has 3 nitrogen and oxygen atoms in total. The lowest BCUT2D eigenvalue weighted by atomic mass is 10.1. The number of nitrogens with two attached hydrogens (primary N) is 1. The second-order valence-electron chi connectivity index (χ2n) is 4.67. The van der Waals surface area contributed by atoms with E-state index in [1.165, 1.54) is 12.1 Å². The first-order chi connectivity index (χ1) is 9.60. The molecule has 1 amide bonds. The Bertz CT molecular complexity index is 626. The summed E-state index contributed by atoms with van der Waals surface area (Å²) in [6.07, 6.45) is 0. The lowest BCUT2D eigenvalue weighted by molar-refractivity contribution is 0.0950. The molecule has 2 aromatic rings. The lowest BCUT2D eigenvalue weighted by Gasteiger charge is -2.09. The number of aryl methyl sites for hydroxylation is 1. The summed E-state index contributed by atoms with van der Waals surface area (Å²) in [5, 5.41) is 2.79. The number of carbonyl (C=O) groups excluding carboxylic acids is 1. The third kappa shape index (κ3) is 3.42. The second kappa shape index (κ2) is 6.30. The number of hydrogen-bond acceptors (Lipinski definition) is 2. The zero-order chi connectivity index (χ0) is 14.5. The molecule has 2 rings (SSSR count). The largest absolute Gasteiger partial charge is 0.348 e. The molecule has 0 unspecified atom stereocenters. The van der Waals surface area contributed by atoms with E-state index in [9.17, 15) is 9.18 Å². The van der Waals surface area contributed by atoms with E-state index < -0.39 is 5.82 Å². The molecule has 0 atom stereocenters. The Hall–Kier alpha value is -2.20.